The molecule has 0 radical (unpaired) electrons. The molecule has 1 rings (SSSR count). The maximum atomic E-state index is 7.94. The van der Waals surface area contributed by atoms with E-state index in [-0.39, 0.29) is 5.71 Å². The first-order chi connectivity index (χ1) is 8.63. The maximum absolute atomic E-state index is 7.94. The fourth-order valence-corrected chi connectivity index (χ4v) is 1.59. The van der Waals surface area contributed by atoms with E-state index < -0.39 is 0 Å². The molecule has 0 unspecified atom stereocenters. The van der Waals surface area contributed by atoms with Crippen molar-refractivity contribution in [2.45, 2.75) is 6.61 Å². The van der Waals surface area contributed by atoms with Crippen molar-refractivity contribution >= 4 is 17.6 Å². The SMILES string of the molecule is CN/N=C\C(=N)c1cc(COC)cc(N)c1OC. The smallest absolute Gasteiger partial charge is 0.151 e. The molecule has 0 aliphatic heterocycles. The Kier molecular flexibility index (Phi) is 5.13. The second-order valence-corrected chi connectivity index (χ2v) is 3.59. The average Bonchev–Trinajstić information content (AvgIpc) is 2.35. The van der Waals surface area contributed by atoms with Crippen LogP contribution in [0.25, 0.3) is 0 Å². The molecule has 0 bridgehead atoms. The largest absolute Gasteiger partial charge is 0.494 e. The molecular formula is C12H18N4O2. The van der Waals surface area contributed by atoms with E-state index in [1.54, 1.807) is 20.2 Å². The highest BCUT2D eigenvalue weighted by atomic mass is 16.5. The average molecular weight is 250 g/mol. The second-order valence-electron chi connectivity index (χ2n) is 3.59. The Balaban J connectivity index is 3.21. The lowest BCUT2D eigenvalue weighted by molar-refractivity contribution is 0.185. The zero-order valence-electron chi connectivity index (χ0n) is 10.8. The number of nitrogen functional groups attached to an aromatic ring is 1. The molecule has 0 spiro atoms. The van der Waals surface area contributed by atoms with Gasteiger partial charge in [0, 0.05) is 19.7 Å². The minimum atomic E-state index is 0.214. The summed E-state index contributed by atoms with van der Waals surface area (Å²) in [6, 6.07) is 3.58. The fourth-order valence-electron chi connectivity index (χ4n) is 1.59. The summed E-state index contributed by atoms with van der Waals surface area (Å²) in [5.74, 6) is 0.474. The summed E-state index contributed by atoms with van der Waals surface area (Å²) in [6.45, 7) is 0.428. The van der Waals surface area contributed by atoms with E-state index in [1.165, 1.54) is 13.3 Å². The van der Waals surface area contributed by atoms with Crippen LogP contribution in [0.1, 0.15) is 11.1 Å². The Morgan fingerprint density at radius 3 is 2.78 bits per heavy atom. The molecule has 0 atom stereocenters. The zero-order chi connectivity index (χ0) is 13.5. The summed E-state index contributed by atoms with van der Waals surface area (Å²) in [5, 5.41) is 11.7. The highest BCUT2D eigenvalue weighted by molar-refractivity contribution is 6.37. The van der Waals surface area contributed by atoms with Crippen molar-refractivity contribution in [3.05, 3.63) is 23.3 Å². The highest BCUT2D eigenvalue weighted by Crippen LogP contribution is 2.28. The van der Waals surface area contributed by atoms with Crippen LogP contribution in [0.15, 0.2) is 17.2 Å². The van der Waals surface area contributed by atoms with Gasteiger partial charge < -0.3 is 20.6 Å². The molecule has 6 heteroatoms. The third kappa shape index (κ3) is 3.21. The number of nitrogens with zero attached hydrogens (tertiary/aromatic N) is 1. The minimum Gasteiger partial charge on any atom is -0.494 e. The van der Waals surface area contributed by atoms with Gasteiger partial charge in [-0.2, -0.15) is 5.10 Å². The van der Waals surface area contributed by atoms with Gasteiger partial charge in [-0.25, -0.2) is 0 Å². The number of nitrogens with two attached hydrogens (primary N) is 1. The number of anilines is 1. The number of methoxy groups -OCH3 is 2. The van der Waals surface area contributed by atoms with E-state index in [1.807, 2.05) is 6.07 Å². The number of nitrogens with one attached hydrogen (secondary N) is 2. The van der Waals surface area contributed by atoms with Crippen LogP contribution in [0.3, 0.4) is 0 Å². The molecule has 6 nitrogen and oxygen atoms in total. The summed E-state index contributed by atoms with van der Waals surface area (Å²) in [5.41, 5.74) is 10.6. The molecule has 0 aromatic heterocycles. The molecule has 0 saturated carbocycles. The van der Waals surface area contributed by atoms with Gasteiger partial charge in [-0.05, 0) is 17.7 Å². The first-order valence-corrected chi connectivity index (χ1v) is 5.38. The van der Waals surface area contributed by atoms with Gasteiger partial charge in [0.1, 0.15) is 0 Å². The quantitative estimate of drug-likeness (QED) is 0.399. The molecule has 0 aliphatic rings. The van der Waals surface area contributed by atoms with Crippen LogP contribution in [0.5, 0.6) is 5.75 Å². The van der Waals surface area contributed by atoms with E-state index >= 15 is 0 Å². The van der Waals surface area contributed by atoms with Crippen molar-refractivity contribution in [3.8, 4) is 5.75 Å². The van der Waals surface area contributed by atoms with Gasteiger partial charge in [-0.3, -0.25) is 5.41 Å². The summed E-state index contributed by atoms with van der Waals surface area (Å²) < 4.78 is 10.3. The lowest BCUT2D eigenvalue weighted by atomic mass is 10.0. The summed E-state index contributed by atoms with van der Waals surface area (Å²) >= 11 is 0. The molecule has 1 aromatic carbocycles. The van der Waals surface area contributed by atoms with Crippen LogP contribution in [0.4, 0.5) is 5.69 Å². The highest BCUT2D eigenvalue weighted by Gasteiger charge is 2.12. The van der Waals surface area contributed by atoms with Crippen molar-refractivity contribution in [1.29, 1.82) is 5.41 Å². The van der Waals surface area contributed by atoms with Gasteiger partial charge in [0.2, 0.25) is 0 Å². The molecular weight excluding hydrogens is 232 g/mol. The number of hydrogen-bond donors (Lipinski definition) is 3. The Hall–Kier alpha value is -2.08. The molecule has 98 valence electrons. The summed E-state index contributed by atoms with van der Waals surface area (Å²) in [4.78, 5) is 0. The van der Waals surface area contributed by atoms with Crippen molar-refractivity contribution in [3.63, 3.8) is 0 Å². The van der Waals surface area contributed by atoms with Crippen LogP contribution in [-0.2, 0) is 11.3 Å². The zero-order valence-corrected chi connectivity index (χ0v) is 10.8. The molecule has 0 amide bonds. The second kappa shape index (κ2) is 6.61. The molecule has 0 heterocycles. The van der Waals surface area contributed by atoms with E-state index in [2.05, 4.69) is 10.5 Å². The third-order valence-corrected chi connectivity index (χ3v) is 2.31. The summed E-state index contributed by atoms with van der Waals surface area (Å²) in [7, 11) is 4.79. The molecule has 4 N–H and O–H groups in total. The fraction of sp³-hybridized carbons (Fsp3) is 0.333. The Morgan fingerprint density at radius 1 is 1.50 bits per heavy atom. The molecule has 0 aliphatic carbocycles. The van der Waals surface area contributed by atoms with Crippen LogP contribution in [-0.4, -0.2) is 33.2 Å². The normalized spacial score (nSPS) is 10.6. The van der Waals surface area contributed by atoms with Gasteiger partial charge in [-0.1, -0.05) is 0 Å². The standard InChI is InChI=1S/C12H18N4O2/c1-15-16-6-11(14)9-4-8(7-17-2)5-10(13)12(9)18-3/h4-6,14-15H,7,13H2,1-3H3/b14-11?,16-6-. The van der Waals surface area contributed by atoms with Gasteiger partial charge in [0.15, 0.2) is 5.75 Å². The van der Waals surface area contributed by atoms with Crippen LogP contribution >= 0.6 is 0 Å². The van der Waals surface area contributed by atoms with E-state index in [0.29, 0.717) is 23.6 Å². The molecule has 0 fully saturated rings. The number of rotatable bonds is 6. The van der Waals surface area contributed by atoms with Crippen LogP contribution in [0.2, 0.25) is 0 Å². The van der Waals surface area contributed by atoms with E-state index in [4.69, 9.17) is 20.6 Å². The lowest BCUT2D eigenvalue weighted by Gasteiger charge is -2.12. The van der Waals surface area contributed by atoms with E-state index in [0.717, 1.165) is 5.56 Å². The number of ether oxygens (including phenoxy) is 2. The topological polar surface area (TPSA) is 92.7 Å². The minimum absolute atomic E-state index is 0.214. The predicted octanol–water partition coefficient (Wildman–Crippen LogP) is 0.997. The maximum Gasteiger partial charge on any atom is 0.151 e. The Bertz CT molecular complexity index is 458. The first-order valence-electron chi connectivity index (χ1n) is 5.38. The Morgan fingerprint density at radius 2 is 2.22 bits per heavy atom. The number of hydrogen-bond acceptors (Lipinski definition) is 6. The number of hydrazone groups is 1. The van der Waals surface area contributed by atoms with Gasteiger partial charge in [0.25, 0.3) is 0 Å². The van der Waals surface area contributed by atoms with Gasteiger partial charge in [-0.15, -0.1) is 0 Å². The molecule has 0 saturated heterocycles. The molecule has 1 aromatic rings. The van der Waals surface area contributed by atoms with E-state index in [9.17, 15) is 0 Å². The van der Waals surface area contributed by atoms with Crippen LogP contribution in [0, 0.1) is 5.41 Å². The van der Waals surface area contributed by atoms with Gasteiger partial charge in [0.05, 0.1) is 31.3 Å². The van der Waals surface area contributed by atoms with Crippen molar-refractivity contribution in [2.24, 2.45) is 5.10 Å². The van der Waals surface area contributed by atoms with Crippen molar-refractivity contribution in [1.82, 2.24) is 5.43 Å². The first kappa shape index (κ1) is 14.0. The third-order valence-electron chi connectivity index (χ3n) is 2.31. The predicted molar refractivity (Wildman–Crippen MR) is 72.5 cm³/mol. The van der Waals surface area contributed by atoms with Crippen LogP contribution < -0.4 is 15.9 Å². The molecule has 18 heavy (non-hydrogen) atoms. The number of benzene rings is 1. The van der Waals surface area contributed by atoms with Gasteiger partial charge >= 0.3 is 0 Å². The van der Waals surface area contributed by atoms with Crippen molar-refractivity contribution in [2.75, 3.05) is 27.0 Å². The lowest BCUT2D eigenvalue weighted by Crippen LogP contribution is -2.09. The summed E-state index contributed by atoms with van der Waals surface area (Å²) in [6.07, 6.45) is 1.40. The van der Waals surface area contributed by atoms with Crippen molar-refractivity contribution < 1.29 is 9.47 Å². The monoisotopic (exact) mass is 250 g/mol. The Labute approximate surface area is 106 Å².